The van der Waals surface area contributed by atoms with Gasteiger partial charge in [0.15, 0.2) is 11.5 Å². The van der Waals surface area contributed by atoms with Crippen LogP contribution in [0.1, 0.15) is 37.3 Å². The number of likely N-dealkylation sites (tertiary alicyclic amines) is 1. The number of rotatable bonds is 8. The second-order valence-electron chi connectivity index (χ2n) is 8.25. The highest BCUT2D eigenvalue weighted by Crippen LogP contribution is 2.39. The van der Waals surface area contributed by atoms with Crippen molar-refractivity contribution in [1.29, 1.82) is 0 Å². The fraction of sp³-hybridized carbons (Fsp3) is 0.346. The number of carbonyl (C=O) groups excluding carboxylic acids is 3. The van der Waals surface area contributed by atoms with Gasteiger partial charge in [0.2, 0.25) is 5.91 Å². The Labute approximate surface area is 217 Å². The van der Waals surface area contributed by atoms with Gasteiger partial charge in [-0.1, -0.05) is 30.3 Å². The summed E-state index contributed by atoms with van der Waals surface area (Å²) in [6, 6.07) is 13.4. The van der Waals surface area contributed by atoms with Crippen molar-refractivity contribution in [2.45, 2.75) is 32.8 Å². The Morgan fingerprint density at radius 1 is 1.09 bits per heavy atom. The van der Waals surface area contributed by atoms with E-state index in [1.165, 1.54) is 0 Å². The number of amides is 3. The number of thioether (sulfide) groups is 1. The first-order valence-corrected chi connectivity index (χ1v) is 13.2. The van der Waals surface area contributed by atoms with E-state index in [1.54, 1.807) is 17.0 Å². The second kappa shape index (κ2) is 11.8. The minimum atomic E-state index is -0.455. The van der Waals surface area contributed by atoms with Crippen LogP contribution < -0.4 is 9.47 Å². The number of ether oxygens (including phenoxy) is 2. The molecule has 4 rings (SSSR count). The molecule has 184 valence electrons. The lowest BCUT2D eigenvalue weighted by molar-refractivity contribution is -0.136. The molecule has 0 N–H and O–H groups in total. The van der Waals surface area contributed by atoms with Crippen molar-refractivity contribution in [2.75, 3.05) is 26.2 Å². The Morgan fingerprint density at radius 3 is 2.54 bits per heavy atom. The average Bonchev–Trinajstić information content (AvgIpc) is 3.12. The van der Waals surface area contributed by atoms with Crippen molar-refractivity contribution >= 4 is 50.8 Å². The number of halogens is 1. The molecule has 35 heavy (non-hydrogen) atoms. The topological polar surface area (TPSA) is 76.2 Å². The predicted octanol–water partition coefficient (Wildman–Crippen LogP) is 5.48. The highest BCUT2D eigenvalue weighted by Gasteiger charge is 2.37. The third-order valence-electron chi connectivity index (χ3n) is 5.73. The van der Waals surface area contributed by atoms with Crippen molar-refractivity contribution in [3.05, 3.63) is 63.0 Å². The van der Waals surface area contributed by atoms with Gasteiger partial charge in [-0.05, 0) is 83.2 Å². The Balaban J connectivity index is 1.50. The van der Waals surface area contributed by atoms with E-state index >= 15 is 0 Å². The van der Waals surface area contributed by atoms with Crippen molar-refractivity contribution in [3.8, 4) is 11.5 Å². The van der Waals surface area contributed by atoms with Crippen LogP contribution in [0, 0.1) is 0 Å². The first kappa shape index (κ1) is 25.3. The summed E-state index contributed by atoms with van der Waals surface area (Å²) in [5.41, 5.74) is 1.71. The van der Waals surface area contributed by atoms with Gasteiger partial charge in [0.1, 0.15) is 13.2 Å². The summed E-state index contributed by atoms with van der Waals surface area (Å²) in [4.78, 5) is 41.1. The van der Waals surface area contributed by atoms with Gasteiger partial charge in [0, 0.05) is 13.1 Å². The van der Waals surface area contributed by atoms with Crippen molar-refractivity contribution in [2.24, 2.45) is 0 Å². The first-order chi connectivity index (χ1) is 17.0. The molecule has 9 heteroatoms. The summed E-state index contributed by atoms with van der Waals surface area (Å²) < 4.78 is 12.5. The molecule has 2 aliphatic heterocycles. The van der Waals surface area contributed by atoms with Gasteiger partial charge in [0.05, 0.1) is 16.0 Å². The Hall–Kier alpha value is -2.78. The molecule has 0 aromatic heterocycles. The number of benzene rings is 2. The highest BCUT2D eigenvalue weighted by atomic mass is 79.9. The zero-order chi connectivity index (χ0) is 24.8. The van der Waals surface area contributed by atoms with Crippen molar-refractivity contribution < 1.29 is 23.9 Å². The molecule has 0 saturated carbocycles. The Bertz CT molecular complexity index is 1130. The number of carbonyl (C=O) groups is 3. The Morgan fingerprint density at radius 2 is 1.83 bits per heavy atom. The lowest BCUT2D eigenvalue weighted by atomic mass is 10.1. The number of hydrogen-bond donors (Lipinski definition) is 0. The third-order valence-corrected chi connectivity index (χ3v) is 7.23. The van der Waals surface area contributed by atoms with Gasteiger partial charge in [-0.15, -0.1) is 0 Å². The summed E-state index contributed by atoms with van der Waals surface area (Å²) in [5.74, 6) is 0.454. The van der Waals surface area contributed by atoms with Crippen LogP contribution in [0.4, 0.5) is 4.79 Å². The smallest absolute Gasteiger partial charge is 0.294 e. The third kappa shape index (κ3) is 6.27. The maximum absolute atomic E-state index is 12.9. The van der Waals surface area contributed by atoms with Crippen LogP contribution in [0.2, 0.25) is 0 Å². The quantitative estimate of drug-likeness (QED) is 0.399. The van der Waals surface area contributed by atoms with Crippen LogP contribution in [0.25, 0.3) is 6.08 Å². The summed E-state index contributed by atoms with van der Waals surface area (Å²) in [7, 11) is 0. The molecule has 2 fully saturated rings. The van der Waals surface area contributed by atoms with Gasteiger partial charge >= 0.3 is 0 Å². The lowest BCUT2D eigenvalue weighted by Crippen LogP contribution is -2.44. The summed E-state index contributed by atoms with van der Waals surface area (Å²) in [6.07, 6.45) is 4.65. The molecule has 7 nitrogen and oxygen atoms in total. The van der Waals surface area contributed by atoms with Crippen LogP contribution in [0.15, 0.2) is 51.8 Å². The molecule has 2 aromatic rings. The molecule has 2 aromatic carbocycles. The summed E-state index contributed by atoms with van der Waals surface area (Å²) >= 11 is 4.40. The van der Waals surface area contributed by atoms with E-state index in [4.69, 9.17) is 9.47 Å². The normalized spacial score (nSPS) is 17.3. The zero-order valence-corrected chi connectivity index (χ0v) is 21.9. The number of piperidine rings is 1. The van der Waals surface area contributed by atoms with E-state index in [-0.39, 0.29) is 17.4 Å². The molecule has 0 unspecified atom stereocenters. The molecule has 2 saturated heterocycles. The van der Waals surface area contributed by atoms with Gasteiger partial charge in [-0.3, -0.25) is 19.3 Å². The van der Waals surface area contributed by atoms with Gasteiger partial charge < -0.3 is 14.4 Å². The van der Waals surface area contributed by atoms with E-state index in [2.05, 4.69) is 15.9 Å². The molecule has 0 aliphatic carbocycles. The molecule has 0 bridgehead atoms. The van der Waals surface area contributed by atoms with Crippen LogP contribution in [0.5, 0.6) is 11.5 Å². The molecular weight excluding hydrogens is 532 g/mol. The van der Waals surface area contributed by atoms with Crippen LogP contribution in [-0.2, 0) is 16.2 Å². The number of imide groups is 1. The van der Waals surface area contributed by atoms with Gasteiger partial charge in [0.25, 0.3) is 11.1 Å². The fourth-order valence-electron chi connectivity index (χ4n) is 3.97. The minimum Gasteiger partial charge on any atom is -0.490 e. The summed E-state index contributed by atoms with van der Waals surface area (Å²) in [6.45, 7) is 3.83. The van der Waals surface area contributed by atoms with E-state index in [0.717, 1.165) is 41.5 Å². The van der Waals surface area contributed by atoms with E-state index < -0.39 is 11.1 Å². The van der Waals surface area contributed by atoms with Crippen LogP contribution >= 0.6 is 27.7 Å². The molecule has 0 spiro atoms. The molecule has 2 heterocycles. The Kier molecular flexibility index (Phi) is 8.51. The summed E-state index contributed by atoms with van der Waals surface area (Å²) in [5, 5.41) is -0.432. The minimum absolute atomic E-state index is 0.186. The second-order valence-corrected chi connectivity index (χ2v) is 10.1. The maximum atomic E-state index is 12.9. The van der Waals surface area contributed by atoms with Crippen molar-refractivity contribution in [3.63, 3.8) is 0 Å². The van der Waals surface area contributed by atoms with E-state index in [9.17, 15) is 14.4 Å². The standard InChI is InChI=1S/C26H27BrN2O5S/c1-2-33-21-14-19(13-20(27)24(21)34-17-18-9-5-3-6-10-18)15-22-25(31)29(26(32)35-22)16-23(30)28-11-7-4-8-12-28/h3,5-6,9-10,13-15H,2,4,7-8,11-12,16-17H2,1H3/b22-15-. The molecule has 2 aliphatic rings. The predicted molar refractivity (Wildman–Crippen MR) is 139 cm³/mol. The maximum Gasteiger partial charge on any atom is 0.294 e. The number of nitrogens with zero attached hydrogens (tertiary/aromatic N) is 2. The number of hydrogen-bond acceptors (Lipinski definition) is 6. The lowest BCUT2D eigenvalue weighted by Gasteiger charge is -2.27. The fourth-order valence-corrected chi connectivity index (χ4v) is 5.38. The SMILES string of the molecule is CCOc1cc(/C=C2\SC(=O)N(CC(=O)N3CCCCC3)C2=O)cc(Br)c1OCc1ccccc1. The monoisotopic (exact) mass is 558 g/mol. The van der Waals surface area contributed by atoms with Gasteiger partial charge in [-0.25, -0.2) is 0 Å². The van der Waals surface area contributed by atoms with Crippen LogP contribution in [0.3, 0.4) is 0 Å². The highest BCUT2D eigenvalue weighted by molar-refractivity contribution is 9.10. The average molecular weight is 559 g/mol. The van der Waals surface area contributed by atoms with Crippen LogP contribution in [-0.4, -0.2) is 53.1 Å². The molecule has 0 atom stereocenters. The molecular formula is C26H27BrN2O5S. The largest absolute Gasteiger partial charge is 0.490 e. The molecule has 3 amide bonds. The zero-order valence-electron chi connectivity index (χ0n) is 19.5. The molecule has 0 radical (unpaired) electrons. The van der Waals surface area contributed by atoms with E-state index in [0.29, 0.717) is 47.8 Å². The first-order valence-electron chi connectivity index (χ1n) is 11.6. The van der Waals surface area contributed by atoms with Crippen molar-refractivity contribution in [1.82, 2.24) is 9.80 Å². The van der Waals surface area contributed by atoms with Gasteiger partial charge in [-0.2, -0.15) is 0 Å². The van der Waals surface area contributed by atoms with E-state index in [1.807, 2.05) is 43.3 Å².